The van der Waals surface area contributed by atoms with Gasteiger partial charge in [-0.3, -0.25) is 20.0 Å². The number of hydrogen-bond donors (Lipinski definition) is 1. The molecule has 104 valence electrons. The fourth-order valence-corrected chi connectivity index (χ4v) is 2.33. The highest BCUT2D eigenvalue weighted by Crippen LogP contribution is 2.37. The van der Waals surface area contributed by atoms with Gasteiger partial charge in [-0.05, 0) is 28.8 Å². The van der Waals surface area contributed by atoms with Crippen molar-refractivity contribution in [2.45, 2.75) is 25.3 Å². The van der Waals surface area contributed by atoms with Crippen LogP contribution in [0.1, 0.15) is 30.4 Å². The Morgan fingerprint density at radius 3 is 2.95 bits per heavy atom. The first kappa shape index (κ1) is 13.0. The molecule has 0 bridgehead atoms. The van der Waals surface area contributed by atoms with Crippen molar-refractivity contribution in [2.24, 2.45) is 0 Å². The molecule has 8 nitrogen and oxygen atoms in total. The zero-order valence-corrected chi connectivity index (χ0v) is 11.8. The Labute approximate surface area is 121 Å². The van der Waals surface area contributed by atoms with Crippen molar-refractivity contribution in [1.82, 2.24) is 19.7 Å². The minimum absolute atomic E-state index is 0.124. The van der Waals surface area contributed by atoms with Gasteiger partial charge in [-0.1, -0.05) is 0 Å². The quantitative estimate of drug-likeness (QED) is 0.671. The van der Waals surface area contributed by atoms with Crippen LogP contribution < -0.4 is 5.56 Å². The second kappa shape index (κ2) is 4.82. The molecule has 2 aromatic heterocycles. The van der Waals surface area contributed by atoms with E-state index in [0.29, 0.717) is 11.7 Å². The molecule has 20 heavy (non-hydrogen) atoms. The molecule has 3 rings (SSSR count). The summed E-state index contributed by atoms with van der Waals surface area (Å²) in [5.74, 6) is 1.67. The number of rotatable bonds is 4. The summed E-state index contributed by atoms with van der Waals surface area (Å²) < 4.78 is 1.38. The predicted molar refractivity (Wildman–Crippen MR) is 72.5 cm³/mol. The topological polar surface area (TPSA) is 107 Å². The number of nitrogens with zero attached hydrogens (tertiary/aromatic N) is 4. The molecule has 0 aromatic carbocycles. The van der Waals surface area contributed by atoms with Crippen LogP contribution in [0.5, 0.6) is 0 Å². The molecule has 0 unspecified atom stereocenters. The lowest BCUT2D eigenvalue weighted by molar-refractivity contribution is -0.385. The number of hydrogen-bond acceptors (Lipinski definition) is 5. The Balaban J connectivity index is 1.92. The van der Waals surface area contributed by atoms with Gasteiger partial charge >= 0.3 is 0 Å². The molecule has 0 amide bonds. The molecule has 1 aliphatic rings. The van der Waals surface area contributed by atoms with Gasteiger partial charge < -0.3 is 4.57 Å². The summed E-state index contributed by atoms with van der Waals surface area (Å²) in [5.41, 5.74) is -0.502. The summed E-state index contributed by atoms with van der Waals surface area (Å²) in [6.07, 6.45) is 3.37. The van der Waals surface area contributed by atoms with E-state index in [1.807, 2.05) is 0 Å². The molecule has 0 radical (unpaired) electrons. The van der Waals surface area contributed by atoms with Crippen LogP contribution in [0.3, 0.4) is 0 Å². The minimum Gasteiger partial charge on any atom is -0.300 e. The number of halogens is 1. The fraction of sp³-hybridized carbons (Fsp3) is 0.364. The summed E-state index contributed by atoms with van der Waals surface area (Å²) in [5, 5.41) is 17.7. The number of nitrogens with one attached hydrogen (secondary N) is 1. The van der Waals surface area contributed by atoms with Gasteiger partial charge in [0.1, 0.15) is 5.82 Å². The molecule has 1 fully saturated rings. The maximum Gasteiger partial charge on any atom is 0.286 e. The summed E-state index contributed by atoms with van der Waals surface area (Å²) >= 11 is 3.03. The third-order valence-electron chi connectivity index (χ3n) is 3.05. The van der Waals surface area contributed by atoms with Crippen molar-refractivity contribution >= 4 is 21.6 Å². The van der Waals surface area contributed by atoms with Crippen molar-refractivity contribution in [3.8, 4) is 0 Å². The van der Waals surface area contributed by atoms with E-state index in [-0.39, 0.29) is 22.3 Å². The monoisotopic (exact) mass is 339 g/mol. The average Bonchev–Trinajstić information content (AvgIpc) is 3.15. The van der Waals surface area contributed by atoms with Crippen molar-refractivity contribution in [1.29, 1.82) is 0 Å². The summed E-state index contributed by atoms with van der Waals surface area (Å²) in [4.78, 5) is 26.5. The minimum atomic E-state index is -0.545. The molecule has 0 atom stereocenters. The normalized spacial score (nSPS) is 14.4. The van der Waals surface area contributed by atoms with E-state index in [1.54, 1.807) is 0 Å². The first-order valence-corrected chi connectivity index (χ1v) is 6.79. The van der Waals surface area contributed by atoms with Crippen LogP contribution >= 0.6 is 15.9 Å². The van der Waals surface area contributed by atoms with Crippen molar-refractivity contribution in [3.63, 3.8) is 0 Å². The van der Waals surface area contributed by atoms with E-state index in [2.05, 4.69) is 31.1 Å². The molecule has 9 heteroatoms. The summed E-state index contributed by atoms with van der Waals surface area (Å²) in [6, 6.07) is 1.19. The van der Waals surface area contributed by atoms with Crippen LogP contribution in [0.4, 0.5) is 5.69 Å². The molecular weight excluding hydrogens is 330 g/mol. The SMILES string of the molecule is O=c1c(Br)cc([N+](=O)[O-])cn1Cc1nc(C2CC2)n[nH]1. The van der Waals surface area contributed by atoms with Crippen LogP contribution in [0.15, 0.2) is 21.5 Å². The van der Waals surface area contributed by atoms with E-state index in [4.69, 9.17) is 0 Å². The van der Waals surface area contributed by atoms with E-state index >= 15 is 0 Å². The molecule has 2 aromatic rings. The van der Waals surface area contributed by atoms with Gasteiger partial charge in [-0.15, -0.1) is 0 Å². The zero-order chi connectivity index (χ0) is 14.3. The Morgan fingerprint density at radius 1 is 1.55 bits per heavy atom. The van der Waals surface area contributed by atoms with Gasteiger partial charge in [-0.25, -0.2) is 4.98 Å². The zero-order valence-electron chi connectivity index (χ0n) is 10.2. The van der Waals surface area contributed by atoms with Gasteiger partial charge in [0.15, 0.2) is 5.82 Å². The third-order valence-corrected chi connectivity index (χ3v) is 3.62. The highest BCUT2D eigenvalue weighted by atomic mass is 79.9. The average molecular weight is 340 g/mol. The molecule has 1 aliphatic carbocycles. The first-order valence-electron chi connectivity index (χ1n) is 6.00. The van der Waals surface area contributed by atoms with E-state index in [9.17, 15) is 14.9 Å². The van der Waals surface area contributed by atoms with Crippen molar-refractivity contribution in [2.75, 3.05) is 0 Å². The van der Waals surface area contributed by atoms with Crippen LogP contribution in [0.25, 0.3) is 0 Å². The largest absolute Gasteiger partial charge is 0.300 e. The highest BCUT2D eigenvalue weighted by molar-refractivity contribution is 9.10. The summed E-state index contributed by atoms with van der Waals surface area (Å²) in [7, 11) is 0. The first-order chi connectivity index (χ1) is 9.54. The second-order valence-electron chi connectivity index (χ2n) is 4.65. The smallest absolute Gasteiger partial charge is 0.286 e. The van der Waals surface area contributed by atoms with Crippen molar-refractivity contribution in [3.05, 3.63) is 48.9 Å². The van der Waals surface area contributed by atoms with Crippen molar-refractivity contribution < 1.29 is 4.92 Å². The molecule has 1 saturated carbocycles. The van der Waals surface area contributed by atoms with Crippen LogP contribution in [0.2, 0.25) is 0 Å². The van der Waals surface area contributed by atoms with Gasteiger partial charge in [0, 0.05) is 12.0 Å². The predicted octanol–water partition coefficient (Wildman–Crippen LogP) is 1.56. The second-order valence-corrected chi connectivity index (χ2v) is 5.51. The Hall–Kier alpha value is -2.03. The molecule has 0 saturated heterocycles. The maximum absolute atomic E-state index is 11.9. The van der Waals surface area contributed by atoms with E-state index in [0.717, 1.165) is 18.7 Å². The lowest BCUT2D eigenvalue weighted by Crippen LogP contribution is -2.21. The molecule has 0 spiro atoms. The Kier molecular flexibility index (Phi) is 3.13. The van der Waals surface area contributed by atoms with Gasteiger partial charge in [0.2, 0.25) is 0 Å². The Morgan fingerprint density at radius 2 is 2.30 bits per heavy atom. The van der Waals surface area contributed by atoms with Crippen LogP contribution in [0, 0.1) is 10.1 Å². The molecule has 2 heterocycles. The van der Waals surface area contributed by atoms with E-state index < -0.39 is 4.92 Å². The lowest BCUT2D eigenvalue weighted by Gasteiger charge is -2.03. The number of H-pyrrole nitrogens is 1. The lowest BCUT2D eigenvalue weighted by atomic mass is 10.4. The van der Waals surface area contributed by atoms with Crippen LogP contribution in [-0.4, -0.2) is 24.7 Å². The third kappa shape index (κ3) is 2.48. The standard InChI is InChI=1S/C11H10BrN5O3/c12-8-3-7(17(19)20)4-16(11(8)18)5-9-13-10(15-14-9)6-1-2-6/h3-4,6H,1-2,5H2,(H,13,14,15). The van der Waals surface area contributed by atoms with Gasteiger partial charge in [0.05, 0.1) is 22.1 Å². The molecule has 1 N–H and O–H groups in total. The maximum atomic E-state index is 11.9. The van der Waals surface area contributed by atoms with Crippen LogP contribution in [-0.2, 0) is 6.54 Å². The van der Waals surface area contributed by atoms with Gasteiger partial charge in [0.25, 0.3) is 11.2 Å². The van der Waals surface area contributed by atoms with E-state index in [1.165, 1.54) is 16.8 Å². The highest BCUT2D eigenvalue weighted by Gasteiger charge is 2.27. The van der Waals surface area contributed by atoms with Gasteiger partial charge in [-0.2, -0.15) is 5.10 Å². The molecule has 0 aliphatic heterocycles. The number of aromatic amines is 1. The molecular formula is C11H10BrN5O3. The summed E-state index contributed by atoms with van der Waals surface area (Å²) in [6.45, 7) is 0.124. The Bertz CT molecular complexity index is 734. The number of aromatic nitrogens is 4. The number of nitro groups is 1. The fourth-order valence-electron chi connectivity index (χ4n) is 1.87. The number of pyridine rings is 1.